The summed E-state index contributed by atoms with van der Waals surface area (Å²) in [5, 5.41) is 14.0. The average Bonchev–Trinajstić information content (AvgIpc) is 2.68. The van der Waals surface area contributed by atoms with E-state index in [0.717, 1.165) is 6.54 Å². The number of benzene rings is 1. The van der Waals surface area contributed by atoms with Crippen molar-refractivity contribution in [2.24, 2.45) is 13.0 Å². The largest absolute Gasteiger partial charge is 0.395 e. The zero-order valence-electron chi connectivity index (χ0n) is 11.4. The summed E-state index contributed by atoms with van der Waals surface area (Å²) in [6.07, 6.45) is 2.16. The average molecular weight is 246 g/mol. The van der Waals surface area contributed by atoms with Crippen molar-refractivity contribution in [2.75, 3.05) is 6.61 Å². The van der Waals surface area contributed by atoms with E-state index in [1.807, 2.05) is 0 Å². The molecule has 0 amide bonds. The molecule has 2 rings (SSSR count). The first kappa shape index (κ1) is 13.1. The maximum Gasteiger partial charge on any atom is 0.0587 e. The SMILES string of the molecule is CC(C)C(CO)NCc1cn(C)c2ccccc12. The van der Waals surface area contributed by atoms with Gasteiger partial charge in [0, 0.05) is 36.7 Å². The van der Waals surface area contributed by atoms with Crippen molar-refractivity contribution in [3.63, 3.8) is 0 Å². The number of fused-ring (bicyclic) bond motifs is 1. The second kappa shape index (κ2) is 5.55. The number of rotatable bonds is 5. The van der Waals surface area contributed by atoms with Gasteiger partial charge in [0.1, 0.15) is 0 Å². The zero-order chi connectivity index (χ0) is 13.1. The van der Waals surface area contributed by atoms with E-state index in [4.69, 9.17) is 0 Å². The number of aryl methyl sites for hydroxylation is 1. The van der Waals surface area contributed by atoms with E-state index in [1.165, 1.54) is 16.5 Å². The van der Waals surface area contributed by atoms with Gasteiger partial charge in [0.15, 0.2) is 0 Å². The number of hydrogen-bond acceptors (Lipinski definition) is 2. The molecule has 0 saturated carbocycles. The van der Waals surface area contributed by atoms with Crippen molar-refractivity contribution in [2.45, 2.75) is 26.4 Å². The highest BCUT2D eigenvalue weighted by Gasteiger charge is 2.12. The van der Waals surface area contributed by atoms with Gasteiger partial charge in [-0.05, 0) is 17.5 Å². The summed E-state index contributed by atoms with van der Waals surface area (Å²) in [4.78, 5) is 0. The van der Waals surface area contributed by atoms with Gasteiger partial charge in [-0.1, -0.05) is 32.0 Å². The molecule has 0 radical (unpaired) electrons. The Morgan fingerprint density at radius 1 is 1.28 bits per heavy atom. The summed E-state index contributed by atoms with van der Waals surface area (Å²) in [5.41, 5.74) is 2.53. The minimum Gasteiger partial charge on any atom is -0.395 e. The molecule has 3 heteroatoms. The lowest BCUT2D eigenvalue weighted by Gasteiger charge is -2.19. The summed E-state index contributed by atoms with van der Waals surface area (Å²) in [7, 11) is 2.07. The van der Waals surface area contributed by atoms with Crippen LogP contribution in [0.3, 0.4) is 0 Å². The fourth-order valence-corrected chi connectivity index (χ4v) is 2.32. The van der Waals surface area contributed by atoms with E-state index in [9.17, 15) is 5.11 Å². The van der Waals surface area contributed by atoms with Gasteiger partial charge in [-0.15, -0.1) is 0 Å². The Morgan fingerprint density at radius 2 is 2.00 bits per heavy atom. The second-order valence-electron chi connectivity index (χ2n) is 5.20. The van der Waals surface area contributed by atoms with Crippen LogP contribution in [-0.4, -0.2) is 22.3 Å². The summed E-state index contributed by atoms with van der Waals surface area (Å²) >= 11 is 0. The van der Waals surface area contributed by atoms with Crippen LogP contribution in [0.15, 0.2) is 30.5 Å². The predicted molar refractivity (Wildman–Crippen MR) is 75.5 cm³/mol. The van der Waals surface area contributed by atoms with Crippen LogP contribution in [0.25, 0.3) is 10.9 Å². The molecule has 0 spiro atoms. The van der Waals surface area contributed by atoms with E-state index in [2.05, 4.69) is 61.2 Å². The van der Waals surface area contributed by atoms with Crippen molar-refractivity contribution >= 4 is 10.9 Å². The summed E-state index contributed by atoms with van der Waals surface area (Å²) in [6, 6.07) is 8.56. The highest BCUT2D eigenvalue weighted by atomic mass is 16.3. The van der Waals surface area contributed by atoms with Crippen molar-refractivity contribution in [3.05, 3.63) is 36.0 Å². The maximum atomic E-state index is 9.33. The molecule has 1 atom stereocenters. The number of para-hydroxylation sites is 1. The molecule has 98 valence electrons. The summed E-state index contributed by atoms with van der Waals surface area (Å²) < 4.78 is 2.15. The molecule has 18 heavy (non-hydrogen) atoms. The highest BCUT2D eigenvalue weighted by molar-refractivity contribution is 5.83. The Hall–Kier alpha value is -1.32. The molecule has 2 aromatic rings. The van der Waals surface area contributed by atoms with E-state index in [1.54, 1.807) is 0 Å². The normalized spacial score (nSPS) is 13.4. The molecule has 0 aliphatic rings. The van der Waals surface area contributed by atoms with Crippen LogP contribution in [0.4, 0.5) is 0 Å². The van der Waals surface area contributed by atoms with Crippen LogP contribution < -0.4 is 5.32 Å². The van der Waals surface area contributed by atoms with Crippen molar-refractivity contribution in [1.29, 1.82) is 0 Å². The van der Waals surface area contributed by atoms with E-state index in [0.29, 0.717) is 5.92 Å². The number of hydrogen-bond donors (Lipinski definition) is 2. The van der Waals surface area contributed by atoms with Gasteiger partial charge in [-0.25, -0.2) is 0 Å². The van der Waals surface area contributed by atoms with Crippen molar-refractivity contribution in [3.8, 4) is 0 Å². The minimum absolute atomic E-state index is 0.156. The van der Waals surface area contributed by atoms with Gasteiger partial charge in [-0.2, -0.15) is 0 Å². The highest BCUT2D eigenvalue weighted by Crippen LogP contribution is 2.20. The second-order valence-corrected chi connectivity index (χ2v) is 5.20. The van der Waals surface area contributed by atoms with Gasteiger partial charge in [0.05, 0.1) is 6.61 Å². The minimum atomic E-state index is 0.156. The third kappa shape index (κ3) is 2.57. The Kier molecular flexibility index (Phi) is 4.04. The van der Waals surface area contributed by atoms with Crippen LogP contribution in [0.1, 0.15) is 19.4 Å². The number of aliphatic hydroxyl groups excluding tert-OH is 1. The Labute approximate surface area is 108 Å². The summed E-state index contributed by atoms with van der Waals surface area (Å²) in [6.45, 7) is 5.22. The molecule has 0 aliphatic heterocycles. The van der Waals surface area contributed by atoms with Crippen LogP contribution >= 0.6 is 0 Å². The molecule has 1 unspecified atom stereocenters. The topological polar surface area (TPSA) is 37.2 Å². The lowest BCUT2D eigenvalue weighted by Crippen LogP contribution is -2.36. The fourth-order valence-electron chi connectivity index (χ4n) is 2.32. The molecular weight excluding hydrogens is 224 g/mol. The Morgan fingerprint density at radius 3 is 2.67 bits per heavy atom. The fraction of sp³-hybridized carbons (Fsp3) is 0.467. The van der Waals surface area contributed by atoms with Crippen molar-refractivity contribution in [1.82, 2.24) is 9.88 Å². The monoisotopic (exact) mass is 246 g/mol. The predicted octanol–water partition coefficient (Wildman–Crippen LogP) is 2.28. The molecule has 0 bridgehead atoms. The van der Waals surface area contributed by atoms with Gasteiger partial charge in [-0.3, -0.25) is 0 Å². The van der Waals surface area contributed by atoms with Gasteiger partial charge < -0.3 is 15.0 Å². The quantitative estimate of drug-likeness (QED) is 0.849. The van der Waals surface area contributed by atoms with Gasteiger partial charge in [0.2, 0.25) is 0 Å². The maximum absolute atomic E-state index is 9.33. The smallest absolute Gasteiger partial charge is 0.0587 e. The van der Waals surface area contributed by atoms with Crippen LogP contribution in [0.2, 0.25) is 0 Å². The standard InChI is InChI=1S/C15H22N2O/c1-11(2)14(10-18)16-8-12-9-17(3)15-7-5-4-6-13(12)15/h4-7,9,11,14,16,18H,8,10H2,1-3H3. The van der Waals surface area contributed by atoms with Crippen LogP contribution in [0.5, 0.6) is 0 Å². The van der Waals surface area contributed by atoms with Gasteiger partial charge in [0.25, 0.3) is 0 Å². The van der Waals surface area contributed by atoms with Crippen LogP contribution in [-0.2, 0) is 13.6 Å². The van der Waals surface area contributed by atoms with Crippen molar-refractivity contribution < 1.29 is 5.11 Å². The number of aromatic nitrogens is 1. The molecule has 2 N–H and O–H groups in total. The first-order chi connectivity index (χ1) is 8.63. The third-order valence-electron chi connectivity index (χ3n) is 3.54. The molecule has 1 aromatic heterocycles. The zero-order valence-corrected chi connectivity index (χ0v) is 11.4. The van der Waals surface area contributed by atoms with Crippen LogP contribution in [0, 0.1) is 5.92 Å². The van der Waals surface area contributed by atoms with E-state index >= 15 is 0 Å². The summed E-state index contributed by atoms with van der Waals surface area (Å²) in [5.74, 6) is 0.435. The molecule has 0 aliphatic carbocycles. The molecule has 3 nitrogen and oxygen atoms in total. The Balaban J connectivity index is 2.17. The molecule has 0 saturated heterocycles. The molecule has 1 aromatic carbocycles. The number of nitrogens with one attached hydrogen (secondary N) is 1. The van der Waals surface area contributed by atoms with Gasteiger partial charge >= 0.3 is 0 Å². The third-order valence-corrected chi connectivity index (χ3v) is 3.54. The van der Waals surface area contributed by atoms with E-state index in [-0.39, 0.29) is 12.6 Å². The van der Waals surface area contributed by atoms with E-state index < -0.39 is 0 Å². The lowest BCUT2D eigenvalue weighted by atomic mass is 10.0. The molecule has 0 fully saturated rings. The number of aliphatic hydroxyl groups is 1. The first-order valence-electron chi connectivity index (χ1n) is 6.50. The lowest BCUT2D eigenvalue weighted by molar-refractivity contribution is 0.210. The number of nitrogens with zero attached hydrogens (tertiary/aromatic N) is 1. The Bertz CT molecular complexity index is 516. The molecule has 1 heterocycles. The first-order valence-corrected chi connectivity index (χ1v) is 6.50. The molecular formula is C15H22N2O.